The van der Waals surface area contributed by atoms with E-state index in [1.807, 2.05) is 18.2 Å². The summed E-state index contributed by atoms with van der Waals surface area (Å²) in [5.41, 5.74) is 4.32. The average molecular weight is 296 g/mol. The Morgan fingerprint density at radius 2 is 2.00 bits per heavy atom. The standard InChI is InChI=1S/C15H12N4O3/c20-12-6-5-9(7-13(12)21)8-16-19-15(22)14-17-10-3-1-2-4-11(10)18-14/h1-8,20-21H,(H,17,18)(H,19,22)/b16-8+. The van der Waals surface area contributed by atoms with E-state index < -0.39 is 5.91 Å². The van der Waals surface area contributed by atoms with Crippen LogP contribution in [0.3, 0.4) is 0 Å². The Morgan fingerprint density at radius 1 is 1.18 bits per heavy atom. The number of hydrogen-bond donors (Lipinski definition) is 4. The Kier molecular flexibility index (Phi) is 3.45. The summed E-state index contributed by atoms with van der Waals surface area (Å²) in [5.74, 6) is -0.793. The van der Waals surface area contributed by atoms with Gasteiger partial charge in [-0.1, -0.05) is 12.1 Å². The van der Waals surface area contributed by atoms with E-state index in [4.69, 9.17) is 0 Å². The van der Waals surface area contributed by atoms with Gasteiger partial charge in [-0.3, -0.25) is 4.79 Å². The third-order valence-electron chi connectivity index (χ3n) is 2.98. The molecule has 0 aliphatic rings. The van der Waals surface area contributed by atoms with Crippen LogP contribution in [0.15, 0.2) is 47.6 Å². The molecule has 7 heteroatoms. The second kappa shape index (κ2) is 5.57. The molecule has 0 saturated carbocycles. The predicted molar refractivity (Wildman–Crippen MR) is 80.9 cm³/mol. The number of fused-ring (bicyclic) bond motifs is 1. The van der Waals surface area contributed by atoms with Gasteiger partial charge in [0.25, 0.3) is 0 Å². The second-order valence-electron chi connectivity index (χ2n) is 4.55. The Labute approximate surface area is 124 Å². The number of hydrazone groups is 1. The SMILES string of the molecule is O=C(N/N=C/c1ccc(O)c(O)c1)c1nc2ccccc2[nH]1. The highest BCUT2D eigenvalue weighted by molar-refractivity contribution is 5.94. The van der Waals surface area contributed by atoms with E-state index in [9.17, 15) is 15.0 Å². The van der Waals surface area contributed by atoms with Crippen molar-refractivity contribution < 1.29 is 15.0 Å². The van der Waals surface area contributed by atoms with Gasteiger partial charge in [-0.2, -0.15) is 5.10 Å². The van der Waals surface area contributed by atoms with E-state index in [2.05, 4.69) is 20.5 Å². The van der Waals surface area contributed by atoms with Gasteiger partial charge in [-0.05, 0) is 35.9 Å². The minimum atomic E-state index is -0.476. The number of H-pyrrole nitrogens is 1. The number of aromatic amines is 1. The number of phenols is 2. The normalized spacial score (nSPS) is 11.1. The molecule has 0 spiro atoms. The zero-order chi connectivity index (χ0) is 15.5. The lowest BCUT2D eigenvalue weighted by Gasteiger charge is -1.98. The molecule has 7 nitrogen and oxygen atoms in total. The molecule has 0 radical (unpaired) electrons. The van der Waals surface area contributed by atoms with Gasteiger partial charge in [-0.15, -0.1) is 0 Å². The number of hydrogen-bond acceptors (Lipinski definition) is 5. The first-order valence-corrected chi connectivity index (χ1v) is 6.43. The van der Waals surface area contributed by atoms with E-state index >= 15 is 0 Å². The zero-order valence-electron chi connectivity index (χ0n) is 11.3. The molecule has 0 fully saturated rings. The Hall–Kier alpha value is -3.35. The summed E-state index contributed by atoms with van der Waals surface area (Å²) >= 11 is 0. The Morgan fingerprint density at radius 3 is 2.77 bits per heavy atom. The molecule has 0 unspecified atom stereocenters. The van der Waals surface area contributed by atoms with Crippen LogP contribution in [0.5, 0.6) is 11.5 Å². The van der Waals surface area contributed by atoms with E-state index in [-0.39, 0.29) is 17.3 Å². The van der Waals surface area contributed by atoms with Gasteiger partial charge in [-0.25, -0.2) is 10.4 Å². The van der Waals surface area contributed by atoms with Crippen molar-refractivity contribution in [3.05, 3.63) is 53.9 Å². The lowest BCUT2D eigenvalue weighted by Crippen LogP contribution is -2.19. The molecule has 3 aromatic rings. The van der Waals surface area contributed by atoms with Crippen molar-refractivity contribution in [3.8, 4) is 11.5 Å². The zero-order valence-corrected chi connectivity index (χ0v) is 11.3. The Balaban J connectivity index is 1.71. The van der Waals surface area contributed by atoms with E-state index in [0.29, 0.717) is 11.1 Å². The smallest absolute Gasteiger partial charge is 0.307 e. The van der Waals surface area contributed by atoms with Crippen LogP contribution in [0.1, 0.15) is 16.2 Å². The summed E-state index contributed by atoms with van der Waals surface area (Å²) in [6.45, 7) is 0. The molecule has 0 bridgehead atoms. The summed E-state index contributed by atoms with van der Waals surface area (Å²) < 4.78 is 0. The van der Waals surface area contributed by atoms with Crippen molar-refractivity contribution in [1.29, 1.82) is 0 Å². The van der Waals surface area contributed by atoms with Gasteiger partial charge in [0.15, 0.2) is 17.3 Å². The van der Waals surface area contributed by atoms with Crippen LogP contribution >= 0.6 is 0 Å². The first kappa shape index (κ1) is 13.6. The fourth-order valence-corrected chi connectivity index (χ4v) is 1.90. The van der Waals surface area contributed by atoms with Gasteiger partial charge in [0, 0.05) is 0 Å². The molecule has 0 saturated heterocycles. The molecule has 22 heavy (non-hydrogen) atoms. The molecule has 110 valence electrons. The number of para-hydroxylation sites is 2. The van der Waals surface area contributed by atoms with E-state index in [0.717, 1.165) is 5.52 Å². The topological polar surface area (TPSA) is 111 Å². The third-order valence-corrected chi connectivity index (χ3v) is 2.98. The molecule has 1 amide bonds. The van der Waals surface area contributed by atoms with Crippen LogP contribution in [0, 0.1) is 0 Å². The number of carbonyl (C=O) groups is 1. The van der Waals surface area contributed by atoms with Gasteiger partial charge >= 0.3 is 5.91 Å². The predicted octanol–water partition coefficient (Wildman–Crippen LogP) is 1.74. The minimum absolute atomic E-state index is 0.159. The quantitative estimate of drug-likeness (QED) is 0.335. The number of nitrogens with one attached hydrogen (secondary N) is 2. The minimum Gasteiger partial charge on any atom is -0.504 e. The third kappa shape index (κ3) is 2.73. The molecule has 0 aliphatic heterocycles. The van der Waals surface area contributed by atoms with Gasteiger partial charge in [0.1, 0.15) is 0 Å². The first-order valence-electron chi connectivity index (χ1n) is 6.43. The van der Waals surface area contributed by atoms with Gasteiger partial charge in [0.2, 0.25) is 0 Å². The fourth-order valence-electron chi connectivity index (χ4n) is 1.90. The summed E-state index contributed by atoms with van der Waals surface area (Å²) in [7, 11) is 0. The maximum Gasteiger partial charge on any atom is 0.307 e. The number of nitrogens with zero attached hydrogens (tertiary/aromatic N) is 2. The number of benzene rings is 2. The molecule has 0 atom stereocenters. The van der Waals surface area contributed by atoms with E-state index in [1.54, 1.807) is 12.1 Å². The largest absolute Gasteiger partial charge is 0.504 e. The highest BCUT2D eigenvalue weighted by Crippen LogP contribution is 2.23. The van der Waals surface area contributed by atoms with Gasteiger partial charge < -0.3 is 15.2 Å². The molecule has 1 aromatic heterocycles. The number of aromatic hydroxyl groups is 2. The van der Waals surface area contributed by atoms with Crippen LogP contribution in [0.2, 0.25) is 0 Å². The summed E-state index contributed by atoms with van der Waals surface area (Å²) in [5, 5.41) is 22.3. The van der Waals surface area contributed by atoms with Crippen molar-refractivity contribution >= 4 is 23.2 Å². The lowest BCUT2D eigenvalue weighted by atomic mass is 10.2. The van der Waals surface area contributed by atoms with Crippen molar-refractivity contribution in [1.82, 2.24) is 15.4 Å². The van der Waals surface area contributed by atoms with Crippen LogP contribution in [-0.2, 0) is 0 Å². The summed E-state index contributed by atoms with van der Waals surface area (Å²) in [6.07, 6.45) is 1.35. The fraction of sp³-hybridized carbons (Fsp3) is 0. The molecular weight excluding hydrogens is 284 g/mol. The number of aromatic nitrogens is 2. The first-order chi connectivity index (χ1) is 10.6. The molecular formula is C15H12N4O3. The highest BCUT2D eigenvalue weighted by Gasteiger charge is 2.09. The molecule has 0 aliphatic carbocycles. The lowest BCUT2D eigenvalue weighted by molar-refractivity contribution is 0.0946. The molecule has 3 rings (SSSR count). The Bertz CT molecular complexity index is 837. The van der Waals surface area contributed by atoms with Crippen molar-refractivity contribution in [2.24, 2.45) is 5.10 Å². The van der Waals surface area contributed by atoms with Crippen molar-refractivity contribution in [2.45, 2.75) is 0 Å². The molecule has 2 aromatic carbocycles. The number of phenolic OH excluding ortho intramolecular Hbond substituents is 2. The van der Waals surface area contributed by atoms with Crippen LogP contribution in [-0.4, -0.2) is 32.3 Å². The van der Waals surface area contributed by atoms with Crippen molar-refractivity contribution in [3.63, 3.8) is 0 Å². The number of imidazole rings is 1. The van der Waals surface area contributed by atoms with Crippen LogP contribution < -0.4 is 5.43 Å². The monoisotopic (exact) mass is 296 g/mol. The molecule has 4 N–H and O–H groups in total. The summed E-state index contributed by atoms with van der Waals surface area (Å²) in [6, 6.07) is 11.5. The number of carbonyl (C=O) groups excluding carboxylic acids is 1. The average Bonchev–Trinajstić information content (AvgIpc) is 2.95. The number of amides is 1. The maximum atomic E-state index is 11.9. The second-order valence-corrected chi connectivity index (χ2v) is 4.55. The van der Waals surface area contributed by atoms with Crippen LogP contribution in [0.4, 0.5) is 0 Å². The summed E-state index contributed by atoms with van der Waals surface area (Å²) in [4.78, 5) is 19.0. The molecule has 1 heterocycles. The maximum absolute atomic E-state index is 11.9. The van der Waals surface area contributed by atoms with Crippen molar-refractivity contribution in [2.75, 3.05) is 0 Å². The van der Waals surface area contributed by atoms with Crippen LogP contribution in [0.25, 0.3) is 11.0 Å². The van der Waals surface area contributed by atoms with E-state index in [1.165, 1.54) is 18.3 Å². The number of rotatable bonds is 3. The highest BCUT2D eigenvalue weighted by atomic mass is 16.3. The van der Waals surface area contributed by atoms with Gasteiger partial charge in [0.05, 0.1) is 17.2 Å².